The van der Waals surface area contributed by atoms with Crippen molar-refractivity contribution >= 4 is 11.6 Å². The number of ether oxygens (including phenoxy) is 2. The molecule has 2 heterocycles. The molecule has 1 saturated carbocycles. The molecule has 2 N–H and O–H groups in total. The zero-order chi connectivity index (χ0) is 16.8. The van der Waals surface area contributed by atoms with E-state index in [2.05, 4.69) is 0 Å². The standard InChI is InChI=1S/C17H22O6/c1-8-4-11-16(6-18,13(21)12(8)20)15(3)5-10(9(2)19)14(23-11)17(15)7-22-17/h4,10-11,13-14,18,21H,5-7H2,1-3H3/t10-,11+,13+,14+,15+,16+,17+/m1/s1. The molecule has 0 aromatic carbocycles. The van der Waals surface area contributed by atoms with Crippen LogP contribution in [0.1, 0.15) is 27.2 Å². The number of fused-ring (bicyclic) bond motifs is 2. The lowest BCUT2D eigenvalue weighted by atomic mass is 9.50. The van der Waals surface area contributed by atoms with Crippen LogP contribution in [0.3, 0.4) is 0 Å². The van der Waals surface area contributed by atoms with E-state index in [1.165, 1.54) is 6.92 Å². The Morgan fingerprint density at radius 1 is 1.48 bits per heavy atom. The summed E-state index contributed by atoms with van der Waals surface area (Å²) in [6.07, 6.45) is -0.219. The summed E-state index contributed by atoms with van der Waals surface area (Å²) in [6.45, 7) is 5.13. The van der Waals surface area contributed by atoms with Gasteiger partial charge in [-0.2, -0.15) is 0 Å². The van der Waals surface area contributed by atoms with Gasteiger partial charge in [0.1, 0.15) is 17.5 Å². The third-order valence-corrected chi connectivity index (χ3v) is 6.98. The maximum atomic E-state index is 12.4. The number of Topliss-reactive ketones (excluding diaryl/α,β-unsaturated/α-hetero) is 2. The highest BCUT2D eigenvalue weighted by atomic mass is 16.6. The number of rotatable bonds is 2. The molecule has 3 fully saturated rings. The number of carbonyl (C=O) groups is 2. The van der Waals surface area contributed by atoms with Crippen LogP contribution in [0.15, 0.2) is 11.6 Å². The molecule has 0 aromatic rings. The topological polar surface area (TPSA) is 96.4 Å². The first-order valence-electron chi connectivity index (χ1n) is 8.06. The summed E-state index contributed by atoms with van der Waals surface area (Å²) in [4.78, 5) is 24.5. The SMILES string of the molecule is CC(=O)[C@H]1C[C@@]2(C)[C@@]3(CO)[C@H](C=C(C)C(=O)[C@@H]3O)O[C@@H]1[C@@]21CO1. The molecule has 0 amide bonds. The number of epoxide rings is 1. The van der Waals surface area contributed by atoms with Gasteiger partial charge in [-0.05, 0) is 31.9 Å². The van der Waals surface area contributed by atoms with Gasteiger partial charge in [0.05, 0.1) is 30.8 Å². The number of aliphatic hydroxyl groups excluding tert-OH is 2. The summed E-state index contributed by atoms with van der Waals surface area (Å²) < 4.78 is 11.9. The van der Waals surface area contributed by atoms with E-state index in [9.17, 15) is 19.8 Å². The summed E-state index contributed by atoms with van der Waals surface area (Å²) in [6, 6.07) is 0. The maximum absolute atomic E-state index is 12.4. The molecule has 1 spiro atoms. The van der Waals surface area contributed by atoms with Crippen LogP contribution < -0.4 is 0 Å². The molecule has 2 saturated heterocycles. The minimum atomic E-state index is -1.36. The van der Waals surface area contributed by atoms with Gasteiger partial charge >= 0.3 is 0 Å². The van der Waals surface area contributed by atoms with Crippen molar-refractivity contribution in [3.05, 3.63) is 11.6 Å². The lowest BCUT2D eigenvalue weighted by Crippen LogP contribution is -2.70. The molecular weight excluding hydrogens is 300 g/mol. The van der Waals surface area contributed by atoms with Crippen molar-refractivity contribution in [2.75, 3.05) is 13.2 Å². The Morgan fingerprint density at radius 2 is 2.13 bits per heavy atom. The Kier molecular flexibility index (Phi) is 2.89. The second-order valence-corrected chi connectivity index (χ2v) is 7.72. The van der Waals surface area contributed by atoms with Gasteiger partial charge in [-0.15, -0.1) is 0 Å². The predicted octanol–water partition coefficient (Wildman–Crippen LogP) is 0.00660. The minimum Gasteiger partial charge on any atom is -0.396 e. The van der Waals surface area contributed by atoms with Crippen LogP contribution in [0.2, 0.25) is 0 Å². The third-order valence-electron chi connectivity index (χ3n) is 6.98. The number of ketones is 2. The summed E-state index contributed by atoms with van der Waals surface area (Å²) in [5.41, 5.74) is -2.14. The fourth-order valence-corrected chi connectivity index (χ4v) is 5.41. The normalized spacial score (nSPS) is 54.0. The maximum Gasteiger partial charge on any atom is 0.187 e. The highest BCUT2D eigenvalue weighted by Crippen LogP contribution is 2.72. The van der Waals surface area contributed by atoms with Gasteiger partial charge in [0.2, 0.25) is 0 Å². The number of hydrogen-bond acceptors (Lipinski definition) is 6. The van der Waals surface area contributed by atoms with E-state index in [1.54, 1.807) is 13.0 Å². The molecule has 7 atom stereocenters. The van der Waals surface area contributed by atoms with Crippen molar-refractivity contribution in [2.24, 2.45) is 16.7 Å². The second kappa shape index (κ2) is 4.30. The average molecular weight is 322 g/mol. The van der Waals surface area contributed by atoms with Crippen LogP contribution in [-0.2, 0) is 19.1 Å². The molecule has 0 aromatic heterocycles. The Hall–Kier alpha value is -1.08. The molecule has 2 aliphatic heterocycles. The smallest absolute Gasteiger partial charge is 0.187 e. The van der Waals surface area contributed by atoms with E-state index in [0.717, 1.165) is 0 Å². The fourth-order valence-electron chi connectivity index (χ4n) is 5.41. The molecule has 6 heteroatoms. The van der Waals surface area contributed by atoms with Crippen molar-refractivity contribution in [3.63, 3.8) is 0 Å². The summed E-state index contributed by atoms with van der Waals surface area (Å²) >= 11 is 0. The largest absolute Gasteiger partial charge is 0.396 e. The molecule has 4 rings (SSSR count). The van der Waals surface area contributed by atoms with Gasteiger partial charge in [0.25, 0.3) is 0 Å². The lowest BCUT2D eigenvalue weighted by Gasteiger charge is -2.58. The first-order chi connectivity index (χ1) is 10.7. The van der Waals surface area contributed by atoms with Crippen LogP contribution in [0, 0.1) is 16.7 Å². The Morgan fingerprint density at radius 3 is 2.65 bits per heavy atom. The molecular formula is C17H22O6. The number of aliphatic hydroxyl groups is 2. The Bertz CT molecular complexity index is 635. The number of hydrogen-bond donors (Lipinski definition) is 2. The van der Waals surface area contributed by atoms with Gasteiger partial charge in [0, 0.05) is 11.3 Å². The Balaban J connectivity index is 1.93. The van der Waals surface area contributed by atoms with E-state index >= 15 is 0 Å². The van der Waals surface area contributed by atoms with Crippen molar-refractivity contribution in [2.45, 2.75) is 51.1 Å². The number of carbonyl (C=O) groups excluding carboxylic acids is 2. The molecule has 0 unspecified atom stereocenters. The first kappa shape index (κ1) is 15.4. The summed E-state index contributed by atoms with van der Waals surface area (Å²) in [5, 5.41) is 21.1. The molecule has 2 aliphatic carbocycles. The lowest BCUT2D eigenvalue weighted by molar-refractivity contribution is -0.242. The van der Waals surface area contributed by atoms with Crippen molar-refractivity contribution in [1.29, 1.82) is 0 Å². The van der Waals surface area contributed by atoms with Gasteiger partial charge < -0.3 is 19.7 Å². The van der Waals surface area contributed by atoms with Crippen LogP contribution >= 0.6 is 0 Å². The summed E-state index contributed by atoms with van der Waals surface area (Å²) in [7, 11) is 0. The molecule has 23 heavy (non-hydrogen) atoms. The third kappa shape index (κ3) is 1.45. The van der Waals surface area contributed by atoms with Gasteiger partial charge in [0.15, 0.2) is 5.78 Å². The molecule has 2 bridgehead atoms. The zero-order valence-corrected chi connectivity index (χ0v) is 13.5. The fraction of sp³-hybridized carbons (Fsp3) is 0.765. The highest BCUT2D eigenvalue weighted by molar-refractivity contribution is 6.00. The van der Waals surface area contributed by atoms with Gasteiger partial charge in [-0.3, -0.25) is 9.59 Å². The van der Waals surface area contributed by atoms with Gasteiger partial charge in [-0.1, -0.05) is 6.92 Å². The van der Waals surface area contributed by atoms with Crippen molar-refractivity contribution < 1.29 is 29.3 Å². The quantitative estimate of drug-likeness (QED) is 0.695. The van der Waals surface area contributed by atoms with E-state index in [4.69, 9.17) is 9.47 Å². The van der Waals surface area contributed by atoms with Crippen LogP contribution in [0.25, 0.3) is 0 Å². The van der Waals surface area contributed by atoms with Gasteiger partial charge in [-0.25, -0.2) is 0 Å². The molecule has 0 radical (unpaired) electrons. The molecule has 126 valence electrons. The van der Waals surface area contributed by atoms with Crippen molar-refractivity contribution in [1.82, 2.24) is 0 Å². The van der Waals surface area contributed by atoms with Crippen LogP contribution in [-0.4, -0.2) is 58.9 Å². The van der Waals surface area contributed by atoms with E-state index in [-0.39, 0.29) is 23.6 Å². The highest BCUT2D eigenvalue weighted by Gasteiger charge is 2.83. The van der Waals surface area contributed by atoms with Crippen LogP contribution in [0.4, 0.5) is 0 Å². The van der Waals surface area contributed by atoms with Crippen molar-refractivity contribution in [3.8, 4) is 0 Å². The first-order valence-corrected chi connectivity index (χ1v) is 8.06. The molecule has 6 nitrogen and oxygen atoms in total. The monoisotopic (exact) mass is 322 g/mol. The van der Waals surface area contributed by atoms with Crippen LogP contribution in [0.5, 0.6) is 0 Å². The Labute approximate surface area is 134 Å². The minimum absolute atomic E-state index is 0.0156. The van der Waals surface area contributed by atoms with E-state index in [1.807, 2.05) is 6.92 Å². The average Bonchev–Trinajstić information content (AvgIpc) is 3.26. The molecule has 4 aliphatic rings. The zero-order valence-electron chi connectivity index (χ0n) is 13.5. The summed E-state index contributed by atoms with van der Waals surface area (Å²) in [5.74, 6) is -0.713. The second-order valence-electron chi connectivity index (χ2n) is 7.72. The predicted molar refractivity (Wildman–Crippen MR) is 78.5 cm³/mol. The van der Waals surface area contributed by atoms with E-state index < -0.39 is 35.2 Å². The van der Waals surface area contributed by atoms with E-state index in [0.29, 0.717) is 18.6 Å².